The van der Waals surface area contributed by atoms with Gasteiger partial charge in [-0.1, -0.05) is 0 Å². The number of halogens is 1. The van der Waals surface area contributed by atoms with Gasteiger partial charge in [-0.05, 0) is 50.5 Å². The molecular weight excluding hydrogens is 439 g/mol. The standard InChI is InChI=1S/C23H29FN8O2/c24-17-10-26-6-5-18(17)30-23(34)20-11-27-22-19(28-16-7-13(8-16)12-33)9-21(31-32(20)22)29-15-3-1-14(25)2-4-15/h5-6,9-11,13-16,28,33H,1-4,7-8,12,25H2,(H,29,31)(H,26,30,34). The van der Waals surface area contributed by atoms with Crippen molar-refractivity contribution in [3.05, 3.63) is 42.2 Å². The molecule has 2 fully saturated rings. The molecule has 11 heteroatoms. The van der Waals surface area contributed by atoms with Crippen LogP contribution in [0.3, 0.4) is 0 Å². The summed E-state index contributed by atoms with van der Waals surface area (Å²) in [7, 11) is 0. The molecule has 3 aromatic heterocycles. The lowest BCUT2D eigenvalue weighted by Gasteiger charge is -2.35. The van der Waals surface area contributed by atoms with E-state index in [1.165, 1.54) is 23.0 Å². The molecular formula is C23H29FN8O2. The van der Waals surface area contributed by atoms with Gasteiger partial charge in [0, 0.05) is 37.0 Å². The maximum atomic E-state index is 14.0. The Kier molecular flexibility index (Phi) is 6.29. The third-order valence-corrected chi connectivity index (χ3v) is 6.70. The first-order valence-electron chi connectivity index (χ1n) is 11.7. The molecule has 34 heavy (non-hydrogen) atoms. The molecule has 2 saturated carbocycles. The molecule has 0 aliphatic heterocycles. The molecule has 5 rings (SSSR count). The fourth-order valence-corrected chi connectivity index (χ4v) is 4.66. The fourth-order valence-electron chi connectivity index (χ4n) is 4.66. The van der Waals surface area contributed by atoms with Crippen LogP contribution < -0.4 is 21.7 Å². The molecule has 180 valence electrons. The summed E-state index contributed by atoms with van der Waals surface area (Å²) >= 11 is 0. The van der Waals surface area contributed by atoms with E-state index in [0.717, 1.165) is 50.4 Å². The van der Waals surface area contributed by atoms with Gasteiger partial charge in [0.1, 0.15) is 5.82 Å². The van der Waals surface area contributed by atoms with E-state index in [2.05, 4.69) is 31.0 Å². The first-order chi connectivity index (χ1) is 16.5. The average Bonchev–Trinajstić information content (AvgIpc) is 3.23. The number of aliphatic hydroxyl groups is 1. The van der Waals surface area contributed by atoms with Gasteiger partial charge in [-0.3, -0.25) is 9.78 Å². The predicted molar refractivity (Wildman–Crippen MR) is 126 cm³/mol. The van der Waals surface area contributed by atoms with Crippen LogP contribution in [0.1, 0.15) is 49.0 Å². The number of nitrogens with two attached hydrogens (primary N) is 1. The van der Waals surface area contributed by atoms with Crippen LogP contribution >= 0.6 is 0 Å². The van der Waals surface area contributed by atoms with Crippen molar-refractivity contribution in [2.45, 2.75) is 56.7 Å². The van der Waals surface area contributed by atoms with Crippen molar-refractivity contribution >= 4 is 28.7 Å². The smallest absolute Gasteiger partial charge is 0.276 e. The molecule has 2 aliphatic rings. The first kappa shape index (κ1) is 22.5. The Bertz CT molecular complexity index is 1170. The topological polar surface area (TPSA) is 142 Å². The molecule has 3 heterocycles. The van der Waals surface area contributed by atoms with Crippen molar-refractivity contribution < 1.29 is 14.3 Å². The van der Waals surface area contributed by atoms with E-state index < -0.39 is 11.7 Å². The lowest BCUT2D eigenvalue weighted by atomic mass is 9.81. The Morgan fingerprint density at radius 3 is 2.68 bits per heavy atom. The van der Waals surface area contributed by atoms with Crippen molar-refractivity contribution in [2.24, 2.45) is 11.7 Å². The van der Waals surface area contributed by atoms with Crippen LogP contribution in [0.15, 0.2) is 30.7 Å². The zero-order valence-corrected chi connectivity index (χ0v) is 18.7. The van der Waals surface area contributed by atoms with Gasteiger partial charge in [0.05, 0.1) is 23.8 Å². The second-order valence-corrected chi connectivity index (χ2v) is 9.25. The molecule has 0 radical (unpaired) electrons. The maximum Gasteiger partial charge on any atom is 0.276 e. The number of carbonyl (C=O) groups excluding carboxylic acids is 1. The normalized spacial score (nSPS) is 24.4. The number of nitrogens with zero attached hydrogens (tertiary/aromatic N) is 4. The number of carbonyl (C=O) groups is 1. The summed E-state index contributed by atoms with van der Waals surface area (Å²) in [4.78, 5) is 21.1. The largest absolute Gasteiger partial charge is 0.396 e. The van der Waals surface area contributed by atoms with Gasteiger partial charge in [0.2, 0.25) is 0 Å². The number of imidazole rings is 1. The number of fused-ring (bicyclic) bond motifs is 1. The summed E-state index contributed by atoms with van der Waals surface area (Å²) in [5.41, 5.74) is 7.52. The van der Waals surface area contributed by atoms with Crippen LogP contribution in [0.2, 0.25) is 0 Å². The number of hydrogen-bond donors (Lipinski definition) is 5. The van der Waals surface area contributed by atoms with Crippen LogP contribution in [-0.4, -0.2) is 55.3 Å². The highest BCUT2D eigenvalue weighted by molar-refractivity contribution is 6.03. The van der Waals surface area contributed by atoms with Crippen molar-refractivity contribution in [3.63, 3.8) is 0 Å². The van der Waals surface area contributed by atoms with E-state index in [-0.39, 0.29) is 36.1 Å². The van der Waals surface area contributed by atoms with Crippen molar-refractivity contribution in [2.75, 3.05) is 22.6 Å². The van der Waals surface area contributed by atoms with E-state index in [0.29, 0.717) is 17.4 Å². The third-order valence-electron chi connectivity index (χ3n) is 6.70. The minimum Gasteiger partial charge on any atom is -0.396 e. The van der Waals surface area contributed by atoms with Gasteiger partial charge in [-0.2, -0.15) is 0 Å². The Balaban J connectivity index is 1.44. The highest BCUT2D eigenvalue weighted by atomic mass is 19.1. The molecule has 1 amide bonds. The molecule has 0 spiro atoms. The summed E-state index contributed by atoms with van der Waals surface area (Å²) in [6.45, 7) is 0.180. The molecule has 0 aromatic carbocycles. The second kappa shape index (κ2) is 9.51. The number of aromatic nitrogens is 4. The molecule has 3 aromatic rings. The fraction of sp³-hybridized carbons (Fsp3) is 0.478. The van der Waals surface area contributed by atoms with Crippen LogP contribution in [0.5, 0.6) is 0 Å². The predicted octanol–water partition coefficient (Wildman–Crippen LogP) is 2.38. The number of nitrogens with one attached hydrogen (secondary N) is 3. The Labute approximate surface area is 196 Å². The van der Waals surface area contributed by atoms with E-state index in [1.54, 1.807) is 0 Å². The van der Waals surface area contributed by atoms with Gasteiger partial charge >= 0.3 is 0 Å². The number of rotatable bonds is 7. The number of aliphatic hydroxyl groups excluding tert-OH is 1. The Morgan fingerprint density at radius 2 is 1.94 bits per heavy atom. The second-order valence-electron chi connectivity index (χ2n) is 9.25. The molecule has 0 bridgehead atoms. The van der Waals surface area contributed by atoms with Crippen LogP contribution in [0.4, 0.5) is 21.6 Å². The number of anilines is 3. The van der Waals surface area contributed by atoms with Gasteiger partial charge in [0.15, 0.2) is 17.2 Å². The Hall–Kier alpha value is -3.31. The zero-order valence-electron chi connectivity index (χ0n) is 18.7. The number of hydrogen-bond acceptors (Lipinski definition) is 8. The highest BCUT2D eigenvalue weighted by Gasteiger charge is 2.29. The lowest BCUT2D eigenvalue weighted by Crippen LogP contribution is -2.37. The number of amides is 1. The quantitative estimate of drug-likeness (QED) is 0.356. The Morgan fingerprint density at radius 1 is 1.15 bits per heavy atom. The molecule has 10 nitrogen and oxygen atoms in total. The highest BCUT2D eigenvalue weighted by Crippen LogP contribution is 2.32. The molecule has 0 unspecified atom stereocenters. The van der Waals surface area contributed by atoms with Crippen molar-refractivity contribution in [1.82, 2.24) is 19.6 Å². The molecule has 0 saturated heterocycles. The summed E-state index contributed by atoms with van der Waals surface area (Å²) in [6.07, 6.45) is 9.41. The van der Waals surface area contributed by atoms with E-state index in [9.17, 15) is 14.3 Å². The zero-order chi connectivity index (χ0) is 23.7. The monoisotopic (exact) mass is 468 g/mol. The third kappa shape index (κ3) is 4.66. The minimum absolute atomic E-state index is 0.0330. The van der Waals surface area contributed by atoms with E-state index in [4.69, 9.17) is 5.73 Å². The maximum absolute atomic E-state index is 14.0. The van der Waals surface area contributed by atoms with Crippen molar-refractivity contribution in [1.29, 1.82) is 0 Å². The van der Waals surface area contributed by atoms with Gasteiger partial charge < -0.3 is 26.8 Å². The lowest BCUT2D eigenvalue weighted by molar-refractivity contribution is 0.102. The minimum atomic E-state index is -0.624. The molecule has 6 N–H and O–H groups in total. The summed E-state index contributed by atoms with van der Waals surface area (Å²) in [6, 6.07) is 4.00. The van der Waals surface area contributed by atoms with Crippen LogP contribution in [-0.2, 0) is 0 Å². The van der Waals surface area contributed by atoms with Gasteiger partial charge in [0.25, 0.3) is 5.91 Å². The average molecular weight is 469 g/mol. The number of pyridine rings is 1. The van der Waals surface area contributed by atoms with E-state index in [1.807, 2.05) is 6.07 Å². The van der Waals surface area contributed by atoms with Gasteiger partial charge in [-0.25, -0.2) is 13.9 Å². The van der Waals surface area contributed by atoms with E-state index >= 15 is 0 Å². The van der Waals surface area contributed by atoms with Crippen LogP contribution in [0, 0.1) is 11.7 Å². The molecule has 0 atom stereocenters. The summed E-state index contributed by atoms with van der Waals surface area (Å²) in [5, 5.41) is 23.5. The SMILES string of the molecule is NC1CCC(Nc2cc(NC3CC(CO)C3)c3ncc(C(=O)Nc4ccncc4F)n3n2)CC1. The summed E-state index contributed by atoms with van der Waals surface area (Å²) in [5.74, 6) is -0.228. The van der Waals surface area contributed by atoms with Crippen LogP contribution in [0.25, 0.3) is 5.65 Å². The van der Waals surface area contributed by atoms with Crippen molar-refractivity contribution in [3.8, 4) is 0 Å². The summed E-state index contributed by atoms with van der Waals surface area (Å²) < 4.78 is 15.5. The first-order valence-corrected chi connectivity index (χ1v) is 11.7. The van der Waals surface area contributed by atoms with Gasteiger partial charge in [-0.15, -0.1) is 5.10 Å². The molecule has 2 aliphatic carbocycles.